The number of carbonyl (C=O) groups is 1. The van der Waals surface area contributed by atoms with Crippen LogP contribution in [-0.2, 0) is 10.3 Å². The van der Waals surface area contributed by atoms with Crippen molar-refractivity contribution in [2.24, 2.45) is 5.92 Å². The van der Waals surface area contributed by atoms with E-state index in [0.29, 0.717) is 37.6 Å². The van der Waals surface area contributed by atoms with E-state index in [1.807, 2.05) is 25.7 Å². The lowest BCUT2D eigenvalue weighted by molar-refractivity contribution is -0.152. The van der Waals surface area contributed by atoms with Crippen LogP contribution < -0.4 is 0 Å². The molecule has 28 heavy (non-hydrogen) atoms. The Kier molecular flexibility index (Phi) is 4.54. The number of rotatable bonds is 3. The summed E-state index contributed by atoms with van der Waals surface area (Å²) in [5, 5.41) is 15.5. The number of benzene rings is 1. The molecule has 2 saturated heterocycles. The van der Waals surface area contributed by atoms with Crippen molar-refractivity contribution in [3.63, 3.8) is 0 Å². The van der Waals surface area contributed by atoms with Crippen molar-refractivity contribution >= 4 is 58.1 Å². The summed E-state index contributed by atoms with van der Waals surface area (Å²) >= 11 is 19.7. The average molecular weight is 457 g/mol. The van der Waals surface area contributed by atoms with Crippen LogP contribution in [0.2, 0.25) is 10.0 Å². The van der Waals surface area contributed by atoms with Crippen molar-refractivity contribution in [1.29, 1.82) is 0 Å². The van der Waals surface area contributed by atoms with Gasteiger partial charge in [0.2, 0.25) is 0 Å². The molecule has 2 aliphatic rings. The molecule has 0 spiro atoms. The minimum atomic E-state index is -1.42. The highest BCUT2D eigenvalue weighted by molar-refractivity contribution is 8.01. The van der Waals surface area contributed by atoms with Gasteiger partial charge < -0.3 is 14.5 Å². The summed E-state index contributed by atoms with van der Waals surface area (Å²) in [5.74, 6) is -0.527. The smallest absolute Gasteiger partial charge is 0.336 e. The van der Waals surface area contributed by atoms with Gasteiger partial charge in [0, 0.05) is 16.5 Å². The molecule has 0 aliphatic carbocycles. The zero-order valence-corrected chi connectivity index (χ0v) is 18.8. The van der Waals surface area contributed by atoms with Crippen LogP contribution in [0.25, 0.3) is 11.3 Å². The number of carboxylic acid groups (broad SMARTS) is 1. The molecule has 0 amide bonds. The summed E-state index contributed by atoms with van der Waals surface area (Å²) in [6, 6.07) is 5.00. The Bertz CT molecular complexity index is 1020. The maximum Gasteiger partial charge on any atom is 0.336 e. The maximum absolute atomic E-state index is 12.9. The zero-order valence-electron chi connectivity index (χ0n) is 15.6. The Morgan fingerprint density at radius 3 is 2.68 bits per heavy atom. The topological polar surface area (TPSA) is 66.6 Å². The second kappa shape index (κ2) is 6.36. The summed E-state index contributed by atoms with van der Waals surface area (Å²) < 4.78 is 4.94. The summed E-state index contributed by atoms with van der Waals surface area (Å²) in [6.07, 6.45) is 0. The van der Waals surface area contributed by atoms with Gasteiger partial charge in [0.25, 0.3) is 0 Å². The number of nitrogens with zero attached hydrogens (tertiary/aromatic N) is 2. The molecule has 2 fully saturated rings. The Morgan fingerprint density at radius 1 is 1.39 bits per heavy atom. The number of fused-ring (bicyclic) bond motifs is 1. The van der Waals surface area contributed by atoms with Crippen molar-refractivity contribution in [3.05, 3.63) is 39.5 Å². The van der Waals surface area contributed by atoms with Gasteiger partial charge in [-0.3, -0.25) is 0 Å². The molecule has 0 radical (unpaired) electrons. The summed E-state index contributed by atoms with van der Waals surface area (Å²) in [4.78, 5) is 15.4. The summed E-state index contributed by atoms with van der Waals surface area (Å²) in [5.41, 5.74) is 0.110. The van der Waals surface area contributed by atoms with Crippen LogP contribution in [0.4, 0.5) is 0 Å². The first kappa shape index (κ1) is 20.0. The number of thioether (sulfide) groups is 1. The van der Waals surface area contributed by atoms with Gasteiger partial charge in [-0.1, -0.05) is 47.5 Å². The third kappa shape index (κ3) is 2.36. The molecule has 0 bridgehead atoms. The molecule has 2 aliphatic heterocycles. The molecule has 3 heterocycles. The molecule has 1 N–H and O–H groups in total. The highest BCUT2D eigenvalue weighted by Gasteiger charge is 2.72. The molecule has 2 aromatic rings. The number of hydrogen-bond donors (Lipinski definition) is 1. The third-order valence-corrected chi connectivity index (χ3v) is 8.53. The van der Waals surface area contributed by atoms with Crippen LogP contribution in [0.15, 0.2) is 22.7 Å². The number of aliphatic carboxylic acids is 1. The lowest BCUT2D eigenvalue weighted by atomic mass is 9.73. The predicted molar refractivity (Wildman–Crippen MR) is 115 cm³/mol. The monoisotopic (exact) mass is 456 g/mol. The van der Waals surface area contributed by atoms with E-state index in [0.717, 1.165) is 0 Å². The molecule has 5 nitrogen and oxygen atoms in total. The van der Waals surface area contributed by atoms with E-state index in [1.54, 1.807) is 36.9 Å². The number of halogens is 2. The minimum Gasteiger partial charge on any atom is -0.479 e. The molecule has 4 rings (SSSR count). The second-order valence-electron chi connectivity index (χ2n) is 7.63. The predicted octanol–water partition coefficient (Wildman–Crippen LogP) is 5.37. The maximum atomic E-state index is 12.9. The minimum absolute atomic E-state index is 0.0126. The summed E-state index contributed by atoms with van der Waals surface area (Å²) in [7, 11) is 0. The quantitative estimate of drug-likeness (QED) is 0.622. The van der Waals surface area contributed by atoms with Crippen molar-refractivity contribution in [1.82, 2.24) is 10.1 Å². The number of carboxylic acids is 1. The van der Waals surface area contributed by atoms with Crippen molar-refractivity contribution in [3.8, 4) is 11.3 Å². The fourth-order valence-corrected chi connectivity index (χ4v) is 7.14. The molecular weight excluding hydrogens is 439 g/mol. The molecule has 1 aromatic carbocycles. The average Bonchev–Trinajstić information content (AvgIpc) is 3.08. The number of hydrogen-bond acceptors (Lipinski definition) is 5. The lowest BCUT2D eigenvalue weighted by Gasteiger charge is -2.51. The Morgan fingerprint density at radius 2 is 2.07 bits per heavy atom. The normalized spacial score (nSPS) is 28.2. The van der Waals surface area contributed by atoms with Crippen molar-refractivity contribution < 1.29 is 14.4 Å². The fourth-order valence-electron chi connectivity index (χ4n) is 4.34. The SMILES string of the molecule is Cc1noc(-c2ccc(Cl)cc2Cl)c1[C@@]1(C(=O)O)N2C(=S)[C@@H](C)[C@H]2SC1(C)C. The van der Waals surface area contributed by atoms with Gasteiger partial charge in [-0.25, -0.2) is 4.79 Å². The molecule has 9 heteroatoms. The fraction of sp³-hybridized carbons (Fsp3) is 0.421. The lowest BCUT2D eigenvalue weighted by Crippen LogP contribution is -2.67. The van der Waals surface area contributed by atoms with Crippen LogP contribution in [0.3, 0.4) is 0 Å². The zero-order chi connectivity index (χ0) is 20.6. The Hall–Kier alpha value is -1.28. The van der Waals surface area contributed by atoms with Crippen LogP contribution in [0.1, 0.15) is 32.0 Å². The number of aromatic nitrogens is 1. The van der Waals surface area contributed by atoms with Crippen LogP contribution >= 0.6 is 47.2 Å². The molecule has 0 saturated carbocycles. The highest BCUT2D eigenvalue weighted by Crippen LogP contribution is 2.64. The van der Waals surface area contributed by atoms with Gasteiger partial charge >= 0.3 is 5.97 Å². The van der Waals surface area contributed by atoms with Gasteiger partial charge in [-0.05, 0) is 39.0 Å². The van der Waals surface area contributed by atoms with Crippen LogP contribution in [0.5, 0.6) is 0 Å². The van der Waals surface area contributed by atoms with E-state index in [1.165, 1.54) is 0 Å². The number of thiocarbonyl (C=S) groups is 1. The third-order valence-electron chi connectivity index (χ3n) is 5.67. The van der Waals surface area contributed by atoms with Gasteiger partial charge in [0.1, 0.15) is 0 Å². The Labute approximate surface area is 182 Å². The molecule has 0 unspecified atom stereocenters. The van der Waals surface area contributed by atoms with Crippen molar-refractivity contribution in [2.45, 2.75) is 43.4 Å². The molecule has 3 atom stereocenters. The first-order valence-corrected chi connectivity index (χ1v) is 10.7. The molecule has 148 valence electrons. The van der Waals surface area contributed by atoms with E-state index in [-0.39, 0.29) is 11.3 Å². The van der Waals surface area contributed by atoms with Gasteiger partial charge in [0.05, 0.1) is 31.4 Å². The van der Waals surface area contributed by atoms with Crippen molar-refractivity contribution in [2.75, 3.05) is 0 Å². The van der Waals surface area contributed by atoms with Crippen LogP contribution in [-0.4, -0.2) is 36.2 Å². The standard InChI is InChI=1S/C19H18Cl2N2O3S2/c1-8-15(27)23-16(8)28-18(3,4)19(23,17(24)25)13-9(2)22-26-14(13)11-6-5-10(20)7-12(11)21/h5-8,16H,1-4H3,(H,24,25)/t8-,16-,19+/m1/s1. The Balaban J connectivity index is 2.03. The van der Waals surface area contributed by atoms with E-state index >= 15 is 0 Å². The van der Waals surface area contributed by atoms with Gasteiger partial charge in [-0.15, -0.1) is 11.8 Å². The second-order valence-corrected chi connectivity index (χ2v) is 10.6. The largest absolute Gasteiger partial charge is 0.479 e. The molecular formula is C19H18Cl2N2O3S2. The first-order chi connectivity index (χ1) is 13.0. The van der Waals surface area contributed by atoms with E-state index in [9.17, 15) is 9.90 Å². The highest BCUT2D eigenvalue weighted by atomic mass is 35.5. The van der Waals surface area contributed by atoms with E-state index < -0.39 is 16.3 Å². The first-order valence-electron chi connectivity index (χ1n) is 8.70. The number of aryl methyl sites for hydroxylation is 1. The van der Waals surface area contributed by atoms with E-state index in [4.69, 9.17) is 39.9 Å². The molecule has 1 aromatic heterocycles. The van der Waals surface area contributed by atoms with Gasteiger partial charge in [0.15, 0.2) is 11.3 Å². The van der Waals surface area contributed by atoms with E-state index in [2.05, 4.69) is 5.16 Å². The summed E-state index contributed by atoms with van der Waals surface area (Å²) in [6.45, 7) is 7.64. The van der Waals surface area contributed by atoms with Gasteiger partial charge in [-0.2, -0.15) is 0 Å². The van der Waals surface area contributed by atoms with Crippen LogP contribution in [0, 0.1) is 12.8 Å².